The maximum absolute atomic E-state index is 12.7. The molecule has 0 spiro atoms. The minimum atomic E-state index is -3.35. The highest BCUT2D eigenvalue weighted by atomic mass is 32.2. The zero-order valence-corrected chi connectivity index (χ0v) is 15.6. The van der Waals surface area contributed by atoms with E-state index in [0.717, 1.165) is 6.42 Å². The smallest absolute Gasteiger partial charge is 0.254 e. The Balaban J connectivity index is 2.10. The van der Waals surface area contributed by atoms with Crippen molar-refractivity contribution in [1.82, 2.24) is 10.2 Å². The summed E-state index contributed by atoms with van der Waals surface area (Å²) in [7, 11) is -3.35. The van der Waals surface area contributed by atoms with Gasteiger partial charge in [0, 0.05) is 23.8 Å². The number of likely N-dealkylation sites (tertiary alicyclic amines) is 1. The fourth-order valence-electron chi connectivity index (χ4n) is 2.76. The SMILES string of the molecule is CCS(=O)(=O)Nc1ccc(C(=O)N2CCCC2C(=O)NC(C)C)cc1. The number of hydrogen-bond donors (Lipinski definition) is 2. The summed E-state index contributed by atoms with van der Waals surface area (Å²) in [6, 6.07) is 5.83. The lowest BCUT2D eigenvalue weighted by molar-refractivity contribution is -0.125. The third-order valence-corrected chi connectivity index (χ3v) is 5.34. The van der Waals surface area contributed by atoms with E-state index < -0.39 is 16.1 Å². The Hall–Kier alpha value is -2.09. The van der Waals surface area contributed by atoms with Crippen molar-refractivity contribution >= 4 is 27.5 Å². The molecule has 2 N–H and O–H groups in total. The largest absolute Gasteiger partial charge is 0.352 e. The van der Waals surface area contributed by atoms with Gasteiger partial charge in [-0.3, -0.25) is 14.3 Å². The summed E-state index contributed by atoms with van der Waals surface area (Å²) in [6.07, 6.45) is 1.44. The number of benzene rings is 1. The standard InChI is InChI=1S/C17H25N3O4S/c1-4-25(23,24)19-14-9-7-13(8-10-14)17(22)20-11-5-6-15(20)16(21)18-12(2)3/h7-10,12,15,19H,4-6,11H2,1-3H3,(H,18,21). The molecule has 138 valence electrons. The van der Waals surface area contributed by atoms with Gasteiger partial charge in [0.05, 0.1) is 5.75 Å². The van der Waals surface area contributed by atoms with Crippen LogP contribution in [0.4, 0.5) is 5.69 Å². The average Bonchev–Trinajstić information content (AvgIpc) is 3.03. The fraction of sp³-hybridized carbons (Fsp3) is 0.529. The molecule has 1 aromatic rings. The molecule has 1 aromatic carbocycles. The molecule has 2 rings (SSSR count). The van der Waals surface area contributed by atoms with E-state index in [9.17, 15) is 18.0 Å². The minimum absolute atomic E-state index is 0.0197. The molecule has 2 amide bonds. The van der Waals surface area contributed by atoms with Crippen LogP contribution < -0.4 is 10.0 Å². The van der Waals surface area contributed by atoms with Crippen molar-refractivity contribution in [2.24, 2.45) is 0 Å². The van der Waals surface area contributed by atoms with E-state index in [1.807, 2.05) is 13.8 Å². The summed E-state index contributed by atoms with van der Waals surface area (Å²) in [6.45, 7) is 5.86. The predicted molar refractivity (Wildman–Crippen MR) is 96.9 cm³/mol. The molecule has 1 saturated heterocycles. The molecule has 1 unspecified atom stereocenters. The van der Waals surface area contributed by atoms with Crippen LogP contribution in [-0.4, -0.2) is 49.5 Å². The summed E-state index contributed by atoms with van der Waals surface area (Å²) in [5.41, 5.74) is 0.845. The predicted octanol–water partition coefficient (Wildman–Crippen LogP) is 1.58. The first-order valence-corrected chi connectivity index (χ1v) is 10.1. The molecule has 8 heteroatoms. The number of carbonyl (C=O) groups is 2. The lowest BCUT2D eigenvalue weighted by Gasteiger charge is -2.25. The number of nitrogens with zero attached hydrogens (tertiary/aromatic N) is 1. The molecule has 25 heavy (non-hydrogen) atoms. The van der Waals surface area contributed by atoms with Crippen LogP contribution in [0, 0.1) is 0 Å². The molecule has 1 aliphatic heterocycles. The van der Waals surface area contributed by atoms with Gasteiger partial charge >= 0.3 is 0 Å². The van der Waals surface area contributed by atoms with Gasteiger partial charge < -0.3 is 10.2 Å². The van der Waals surface area contributed by atoms with Crippen molar-refractivity contribution in [1.29, 1.82) is 0 Å². The van der Waals surface area contributed by atoms with Crippen LogP contribution in [0.25, 0.3) is 0 Å². The quantitative estimate of drug-likeness (QED) is 0.798. The Morgan fingerprint density at radius 1 is 1.24 bits per heavy atom. The van der Waals surface area contributed by atoms with Gasteiger partial charge in [0.2, 0.25) is 15.9 Å². The first-order valence-electron chi connectivity index (χ1n) is 8.45. The average molecular weight is 367 g/mol. The van der Waals surface area contributed by atoms with Crippen LogP contribution in [-0.2, 0) is 14.8 Å². The van der Waals surface area contributed by atoms with Gasteiger partial charge in [0.1, 0.15) is 6.04 Å². The van der Waals surface area contributed by atoms with Crippen LogP contribution in [0.1, 0.15) is 44.0 Å². The third kappa shape index (κ3) is 4.94. The summed E-state index contributed by atoms with van der Waals surface area (Å²) in [5.74, 6) is -0.367. The molecule has 0 aromatic heterocycles. The number of rotatable bonds is 6. The summed E-state index contributed by atoms with van der Waals surface area (Å²) >= 11 is 0. The number of amides is 2. The highest BCUT2D eigenvalue weighted by Gasteiger charge is 2.34. The van der Waals surface area contributed by atoms with Gasteiger partial charge in [-0.2, -0.15) is 0 Å². The Bertz CT molecular complexity index is 729. The Morgan fingerprint density at radius 2 is 1.88 bits per heavy atom. The second-order valence-electron chi connectivity index (χ2n) is 6.40. The molecule has 1 atom stereocenters. The fourth-order valence-corrected chi connectivity index (χ4v) is 3.40. The first kappa shape index (κ1) is 19.2. The van der Waals surface area contributed by atoms with Crippen LogP contribution in [0.5, 0.6) is 0 Å². The molecular formula is C17H25N3O4S. The van der Waals surface area contributed by atoms with E-state index in [0.29, 0.717) is 24.2 Å². The molecule has 0 saturated carbocycles. The van der Waals surface area contributed by atoms with Crippen LogP contribution in [0.2, 0.25) is 0 Å². The highest BCUT2D eigenvalue weighted by molar-refractivity contribution is 7.92. The summed E-state index contributed by atoms with van der Waals surface area (Å²) < 4.78 is 25.6. The number of carbonyl (C=O) groups excluding carboxylic acids is 2. The number of anilines is 1. The van der Waals surface area contributed by atoms with Gasteiger partial charge in [-0.1, -0.05) is 0 Å². The molecule has 0 bridgehead atoms. The highest BCUT2D eigenvalue weighted by Crippen LogP contribution is 2.21. The third-order valence-electron chi connectivity index (χ3n) is 4.03. The van der Waals surface area contributed by atoms with E-state index in [1.165, 1.54) is 0 Å². The number of nitrogens with one attached hydrogen (secondary N) is 2. The molecule has 0 aliphatic carbocycles. The maximum atomic E-state index is 12.7. The zero-order chi connectivity index (χ0) is 18.6. The Morgan fingerprint density at radius 3 is 2.44 bits per heavy atom. The Labute approximate surface area is 148 Å². The van der Waals surface area contributed by atoms with E-state index in [-0.39, 0.29) is 23.6 Å². The van der Waals surface area contributed by atoms with Crippen LogP contribution >= 0.6 is 0 Å². The van der Waals surface area contributed by atoms with Crippen molar-refractivity contribution in [2.75, 3.05) is 17.0 Å². The molecule has 1 aliphatic rings. The first-order chi connectivity index (χ1) is 11.7. The van der Waals surface area contributed by atoms with Gasteiger partial charge in [-0.05, 0) is 57.9 Å². The number of sulfonamides is 1. The monoisotopic (exact) mass is 367 g/mol. The topological polar surface area (TPSA) is 95.6 Å². The van der Waals surface area contributed by atoms with Crippen molar-refractivity contribution in [3.63, 3.8) is 0 Å². The van der Waals surface area contributed by atoms with Crippen LogP contribution in [0.3, 0.4) is 0 Å². The second-order valence-corrected chi connectivity index (χ2v) is 8.41. The maximum Gasteiger partial charge on any atom is 0.254 e. The van der Waals surface area contributed by atoms with E-state index in [1.54, 1.807) is 36.1 Å². The van der Waals surface area contributed by atoms with E-state index in [2.05, 4.69) is 10.0 Å². The molecule has 7 nitrogen and oxygen atoms in total. The van der Waals surface area contributed by atoms with Gasteiger partial charge in [-0.25, -0.2) is 8.42 Å². The lowest BCUT2D eigenvalue weighted by atomic mass is 10.1. The van der Waals surface area contributed by atoms with Crippen LogP contribution in [0.15, 0.2) is 24.3 Å². The summed E-state index contributed by atoms with van der Waals surface area (Å²) in [4.78, 5) is 26.6. The number of hydrogen-bond acceptors (Lipinski definition) is 4. The molecular weight excluding hydrogens is 342 g/mol. The normalized spacial score (nSPS) is 17.6. The van der Waals surface area contributed by atoms with Crippen molar-refractivity contribution in [2.45, 2.75) is 45.7 Å². The van der Waals surface area contributed by atoms with Gasteiger partial charge in [-0.15, -0.1) is 0 Å². The summed E-state index contributed by atoms with van der Waals surface area (Å²) in [5, 5.41) is 2.85. The molecule has 1 fully saturated rings. The molecule has 0 radical (unpaired) electrons. The van der Waals surface area contributed by atoms with Crippen molar-refractivity contribution in [3.05, 3.63) is 29.8 Å². The van der Waals surface area contributed by atoms with E-state index >= 15 is 0 Å². The Kier molecular flexibility index (Phi) is 6.05. The van der Waals surface area contributed by atoms with Crippen molar-refractivity contribution in [3.8, 4) is 0 Å². The van der Waals surface area contributed by atoms with Gasteiger partial charge in [0.25, 0.3) is 5.91 Å². The zero-order valence-electron chi connectivity index (χ0n) is 14.8. The molecule has 1 heterocycles. The van der Waals surface area contributed by atoms with E-state index in [4.69, 9.17) is 0 Å². The van der Waals surface area contributed by atoms with Gasteiger partial charge in [0.15, 0.2) is 0 Å². The second kappa shape index (κ2) is 7.86. The van der Waals surface area contributed by atoms with Crippen molar-refractivity contribution < 1.29 is 18.0 Å². The lowest BCUT2D eigenvalue weighted by Crippen LogP contribution is -2.47. The minimum Gasteiger partial charge on any atom is -0.352 e.